The Balaban J connectivity index is 1.63. The zero-order valence-electron chi connectivity index (χ0n) is 30.2. The monoisotopic (exact) mass is 804 g/mol. The molecule has 4 aromatic carbocycles. The van der Waals surface area contributed by atoms with Gasteiger partial charge in [-0.05, 0) is 81.6 Å². The van der Waals surface area contributed by atoms with Crippen molar-refractivity contribution >= 4 is 70.1 Å². The molecule has 0 atom stereocenters. The van der Waals surface area contributed by atoms with Gasteiger partial charge >= 0.3 is 0 Å². The number of benzene rings is 4. The molecule has 5 rings (SSSR count). The number of hydrazine groups is 2. The first kappa shape index (κ1) is 40.7. The van der Waals surface area contributed by atoms with E-state index in [4.69, 9.17) is 43.4 Å². The highest BCUT2D eigenvalue weighted by Gasteiger charge is 2.19. The van der Waals surface area contributed by atoms with Crippen molar-refractivity contribution in [2.75, 3.05) is 26.4 Å². The molecule has 0 unspecified atom stereocenters. The number of carbonyl (C=O) groups is 2. The van der Waals surface area contributed by atoms with Crippen LogP contribution >= 0.6 is 49.7 Å². The van der Waals surface area contributed by atoms with Crippen molar-refractivity contribution < 1.29 is 28.5 Å². The van der Waals surface area contributed by atoms with E-state index < -0.39 is 11.8 Å². The number of thiocarbonyl (C=S) groups is 2. The molecule has 0 radical (unpaired) electrons. The van der Waals surface area contributed by atoms with Crippen LogP contribution in [0.4, 0.5) is 0 Å². The highest BCUT2D eigenvalue weighted by molar-refractivity contribution is 8.11. The molecule has 8 bridgehead atoms. The van der Waals surface area contributed by atoms with Crippen LogP contribution in [0.3, 0.4) is 0 Å². The van der Waals surface area contributed by atoms with Crippen molar-refractivity contribution in [2.24, 2.45) is 0 Å². The summed E-state index contributed by atoms with van der Waals surface area (Å²) in [5.41, 5.74) is 17.8. The maximum atomic E-state index is 12.7. The highest BCUT2D eigenvalue weighted by Crippen LogP contribution is 2.35. The molecule has 0 heterocycles. The van der Waals surface area contributed by atoms with Crippen molar-refractivity contribution in [1.29, 1.82) is 0 Å². The minimum absolute atomic E-state index is 0.140. The van der Waals surface area contributed by atoms with Gasteiger partial charge in [0.15, 0.2) is 13.2 Å². The summed E-state index contributed by atoms with van der Waals surface area (Å²) in [7, 11) is 0. The van der Waals surface area contributed by atoms with E-state index >= 15 is 0 Å². The number of amides is 2. The fraction of sp³-hybridized carbons (Fsp3) is 0.300. The van der Waals surface area contributed by atoms with Crippen LogP contribution in [0.5, 0.6) is 23.0 Å². The van der Waals surface area contributed by atoms with Crippen LogP contribution in [0.1, 0.15) is 71.2 Å². The van der Waals surface area contributed by atoms with Gasteiger partial charge in [-0.15, -0.1) is 25.3 Å². The summed E-state index contributed by atoms with van der Waals surface area (Å²) in [4.78, 5) is 25.5. The largest absolute Gasteiger partial charge is 0.494 e. The van der Waals surface area contributed by atoms with Crippen molar-refractivity contribution in [2.45, 2.75) is 52.4 Å². The van der Waals surface area contributed by atoms with Crippen LogP contribution < -0.4 is 40.7 Å². The Hall–Kier alpha value is -4.50. The average Bonchev–Trinajstić information content (AvgIpc) is 3.13. The summed E-state index contributed by atoms with van der Waals surface area (Å²) in [5.74, 6) is 1.95. The lowest BCUT2D eigenvalue weighted by Crippen LogP contribution is -2.41. The Morgan fingerprint density at radius 2 is 0.889 bits per heavy atom. The number of fused-ring (bicyclic) bond motifs is 8. The average molecular weight is 805 g/mol. The maximum Gasteiger partial charge on any atom is 0.276 e. The van der Waals surface area contributed by atoms with E-state index in [1.54, 1.807) is 0 Å². The van der Waals surface area contributed by atoms with Gasteiger partial charge in [0.25, 0.3) is 11.8 Å². The predicted octanol–water partition coefficient (Wildman–Crippen LogP) is 6.37. The molecule has 4 N–H and O–H groups in total. The van der Waals surface area contributed by atoms with Crippen LogP contribution in [0.2, 0.25) is 0 Å². The zero-order valence-corrected chi connectivity index (χ0v) is 33.6. The third-order valence-corrected chi connectivity index (χ3v) is 8.67. The second-order valence-corrected chi connectivity index (χ2v) is 15.0. The molecular formula is C40H44N4O6S4. The van der Waals surface area contributed by atoms with E-state index in [0.717, 1.165) is 68.8 Å². The quantitative estimate of drug-likeness (QED) is 0.0483. The first-order valence-corrected chi connectivity index (χ1v) is 19.3. The van der Waals surface area contributed by atoms with Gasteiger partial charge in [-0.25, -0.2) is 0 Å². The normalized spacial score (nSPS) is 11.8. The van der Waals surface area contributed by atoms with Gasteiger partial charge in [0.05, 0.1) is 13.2 Å². The maximum absolute atomic E-state index is 12.7. The number of rotatable bonds is 12. The molecule has 0 fully saturated rings. The molecule has 2 amide bonds. The molecule has 10 nitrogen and oxygen atoms in total. The second-order valence-electron chi connectivity index (χ2n) is 12.7. The van der Waals surface area contributed by atoms with Gasteiger partial charge in [0, 0.05) is 25.7 Å². The van der Waals surface area contributed by atoms with Crippen molar-refractivity contribution in [1.82, 2.24) is 21.7 Å². The molecular weight excluding hydrogens is 761 g/mol. The minimum Gasteiger partial charge on any atom is -0.494 e. The number of thiol groups is 2. The van der Waals surface area contributed by atoms with Crippen LogP contribution in [-0.4, -0.2) is 46.9 Å². The molecule has 0 aromatic heterocycles. The minimum atomic E-state index is -0.401. The number of hydrogen-bond acceptors (Lipinski definition) is 8. The van der Waals surface area contributed by atoms with E-state index in [2.05, 4.69) is 72.9 Å². The molecule has 0 aliphatic heterocycles. The van der Waals surface area contributed by atoms with Gasteiger partial charge in [0.2, 0.25) is 0 Å². The number of carbonyl (C=O) groups excluding carboxylic acids is 2. The van der Waals surface area contributed by atoms with Gasteiger partial charge in [-0.3, -0.25) is 31.3 Å². The van der Waals surface area contributed by atoms with Gasteiger partial charge < -0.3 is 18.9 Å². The van der Waals surface area contributed by atoms with E-state index in [9.17, 15) is 9.59 Å². The molecule has 0 spiro atoms. The third kappa shape index (κ3) is 12.3. The summed E-state index contributed by atoms with van der Waals surface area (Å²) in [6.45, 7) is 4.79. The highest BCUT2D eigenvalue weighted by atomic mass is 32.1. The van der Waals surface area contributed by atoms with Gasteiger partial charge in [0.1, 0.15) is 31.6 Å². The number of hydrogen-bond donors (Lipinski definition) is 6. The Labute approximate surface area is 337 Å². The van der Waals surface area contributed by atoms with Gasteiger partial charge in [-0.1, -0.05) is 86.8 Å². The fourth-order valence-electron chi connectivity index (χ4n) is 6.15. The van der Waals surface area contributed by atoms with Crippen LogP contribution in [0.15, 0.2) is 72.8 Å². The third-order valence-electron chi connectivity index (χ3n) is 8.25. The van der Waals surface area contributed by atoms with E-state index in [1.807, 2.05) is 60.7 Å². The Morgan fingerprint density at radius 1 is 0.556 bits per heavy atom. The molecule has 1 aliphatic rings. The predicted molar refractivity (Wildman–Crippen MR) is 225 cm³/mol. The van der Waals surface area contributed by atoms with Crippen LogP contribution in [-0.2, 0) is 35.3 Å². The number of nitrogens with one attached hydrogen (secondary N) is 4. The summed E-state index contributed by atoms with van der Waals surface area (Å²) < 4.78 is 25.3. The fourth-order valence-corrected chi connectivity index (χ4v) is 6.36. The lowest BCUT2D eigenvalue weighted by molar-refractivity contribution is -0.124. The van der Waals surface area contributed by atoms with Crippen molar-refractivity contribution in [3.8, 4) is 23.0 Å². The molecule has 14 heteroatoms. The lowest BCUT2D eigenvalue weighted by atomic mass is 9.92. The molecule has 0 saturated heterocycles. The zero-order chi connectivity index (χ0) is 38.5. The van der Waals surface area contributed by atoms with Crippen LogP contribution in [0.25, 0.3) is 0 Å². The molecule has 0 saturated carbocycles. The topological polar surface area (TPSA) is 119 Å². The van der Waals surface area contributed by atoms with Crippen molar-refractivity contribution in [3.63, 3.8) is 0 Å². The Morgan fingerprint density at radius 3 is 1.19 bits per heavy atom. The Bertz CT molecular complexity index is 1770. The standard InChI is InChI=1S/C40H44N4O6S4/c1-3-11-47-33-19-25-13-26(20-33)16-30-8-6-10-32(38(30)50-24-36(46)42-44-40(53)54)18-28-14-27(21-34(22-28)48-12-4-2)17-31-9-5-7-29(15-25)37(31)49-23-35(45)41-43-39(51)52/h5-10,13-14,19-22H,3-4,11-12,15-18,23-24H2,1-2H3,(H,41,45)(H,42,46)(H2,43,51,52)(H2,44,53,54). The van der Waals surface area contributed by atoms with Gasteiger partial charge in [-0.2, -0.15) is 0 Å². The van der Waals surface area contributed by atoms with Crippen molar-refractivity contribution in [3.05, 3.63) is 117 Å². The molecule has 54 heavy (non-hydrogen) atoms. The van der Waals surface area contributed by atoms with Crippen LogP contribution in [0, 0.1) is 0 Å². The first-order valence-electron chi connectivity index (χ1n) is 17.6. The Kier molecular flexibility index (Phi) is 15.3. The SMILES string of the molecule is CCCOc1cc2cc(c1)Cc1cccc(c1OCC(=O)NNC(=S)S)Cc1cc(cc(OCCC)c1)Cc1cccc(c1OCC(=O)NNC(=S)S)C2. The first-order chi connectivity index (χ1) is 26.1. The molecule has 284 valence electrons. The van der Waals surface area contributed by atoms with E-state index in [-0.39, 0.29) is 21.9 Å². The summed E-state index contributed by atoms with van der Waals surface area (Å²) in [6.07, 6.45) is 3.75. The summed E-state index contributed by atoms with van der Waals surface area (Å²) in [5, 5.41) is 0. The summed E-state index contributed by atoms with van der Waals surface area (Å²) in [6, 6.07) is 24.6. The second kappa shape index (κ2) is 20.3. The smallest absolute Gasteiger partial charge is 0.276 e. The number of para-hydroxylation sites is 2. The lowest BCUT2D eigenvalue weighted by Gasteiger charge is -2.20. The molecule has 1 aliphatic carbocycles. The van der Waals surface area contributed by atoms with E-state index in [1.165, 1.54) is 0 Å². The summed E-state index contributed by atoms with van der Waals surface area (Å²) >= 11 is 17.9. The number of ether oxygens (including phenoxy) is 4. The van der Waals surface area contributed by atoms with E-state index in [0.29, 0.717) is 50.4 Å². The molecule has 4 aromatic rings.